The molecule has 0 aliphatic carbocycles. The van der Waals surface area contributed by atoms with Crippen LogP contribution in [0.3, 0.4) is 0 Å². The van der Waals surface area contributed by atoms with Crippen LogP contribution in [-0.4, -0.2) is 59.3 Å². The van der Waals surface area contributed by atoms with Crippen LogP contribution in [0.1, 0.15) is 24.1 Å². The predicted octanol–water partition coefficient (Wildman–Crippen LogP) is 4.08. The number of carbonyl (C=O) groups excluding carboxylic acids is 2. The van der Waals surface area contributed by atoms with Gasteiger partial charge in [0.15, 0.2) is 5.82 Å². The molecule has 0 spiro atoms. The number of aryl methyl sites for hydroxylation is 1. The number of benzene rings is 1. The first kappa shape index (κ1) is 23.5. The van der Waals surface area contributed by atoms with Gasteiger partial charge in [-0.2, -0.15) is 0 Å². The first-order chi connectivity index (χ1) is 16.5. The average molecular weight is 470 g/mol. The minimum Gasteiger partial charge on any atom is -0.446 e. The third-order valence-corrected chi connectivity index (χ3v) is 5.63. The molecule has 2 N–H and O–H groups in total. The Labute approximate surface area is 197 Å². The van der Waals surface area contributed by atoms with Crippen molar-refractivity contribution in [3.8, 4) is 0 Å². The summed E-state index contributed by atoms with van der Waals surface area (Å²) in [7, 11) is 0. The summed E-state index contributed by atoms with van der Waals surface area (Å²) in [6.45, 7) is 4.31. The van der Waals surface area contributed by atoms with Crippen LogP contribution >= 0.6 is 0 Å². The number of aromatic nitrogens is 1. The molecular weight excluding hydrogens is 441 g/mol. The van der Waals surface area contributed by atoms with Crippen molar-refractivity contribution in [1.82, 2.24) is 14.8 Å². The van der Waals surface area contributed by atoms with Gasteiger partial charge in [0.25, 0.3) is 0 Å². The average Bonchev–Trinajstić information content (AvgIpc) is 2.84. The van der Waals surface area contributed by atoms with E-state index in [4.69, 9.17) is 9.47 Å². The number of amides is 3. The summed E-state index contributed by atoms with van der Waals surface area (Å²) in [5.74, 6) is -0.505. The molecule has 3 amide bonds. The number of carbonyl (C=O) groups is 2. The number of nitrogens with zero attached hydrogens (tertiary/aromatic N) is 3. The highest BCUT2D eigenvalue weighted by Crippen LogP contribution is 2.21. The van der Waals surface area contributed by atoms with Gasteiger partial charge >= 0.3 is 12.1 Å². The van der Waals surface area contributed by atoms with E-state index in [9.17, 15) is 9.59 Å². The lowest BCUT2D eigenvalue weighted by Gasteiger charge is -2.31. The van der Waals surface area contributed by atoms with Crippen LogP contribution in [0.5, 0.6) is 0 Å². The van der Waals surface area contributed by atoms with Crippen molar-refractivity contribution < 1.29 is 23.5 Å². The SMILES string of the molecule is Cc1ccc(NC(=O)Nc2cccc(CN3C=CN(C(=O)OC4CCOCC4)CC3)c2F)cn1. The molecule has 0 bridgehead atoms. The highest BCUT2D eigenvalue weighted by molar-refractivity contribution is 5.99. The van der Waals surface area contributed by atoms with Gasteiger partial charge in [-0.25, -0.2) is 14.0 Å². The monoisotopic (exact) mass is 469 g/mol. The smallest absolute Gasteiger partial charge is 0.414 e. The van der Waals surface area contributed by atoms with Crippen molar-refractivity contribution in [1.29, 1.82) is 0 Å². The maximum atomic E-state index is 15.0. The van der Waals surface area contributed by atoms with E-state index in [1.807, 2.05) is 11.8 Å². The van der Waals surface area contributed by atoms with Gasteiger partial charge in [-0.1, -0.05) is 12.1 Å². The summed E-state index contributed by atoms with van der Waals surface area (Å²) >= 11 is 0. The molecule has 180 valence electrons. The Bertz CT molecular complexity index is 1040. The summed E-state index contributed by atoms with van der Waals surface area (Å²) in [6.07, 6.45) is 5.84. The Morgan fingerprint density at radius 3 is 2.68 bits per heavy atom. The Balaban J connectivity index is 1.31. The van der Waals surface area contributed by atoms with Gasteiger partial charge in [0.05, 0.1) is 30.8 Å². The number of anilines is 2. The molecular formula is C24H28FN5O4. The predicted molar refractivity (Wildman–Crippen MR) is 125 cm³/mol. The van der Waals surface area contributed by atoms with E-state index >= 15 is 4.39 Å². The molecule has 0 radical (unpaired) electrons. The van der Waals surface area contributed by atoms with E-state index in [0.29, 0.717) is 56.9 Å². The summed E-state index contributed by atoms with van der Waals surface area (Å²) in [5.41, 5.74) is 1.85. The topological polar surface area (TPSA) is 96.0 Å². The number of urea groups is 1. The van der Waals surface area contributed by atoms with Crippen molar-refractivity contribution in [3.63, 3.8) is 0 Å². The Hall–Kier alpha value is -3.66. The lowest BCUT2D eigenvalue weighted by molar-refractivity contribution is -0.00748. The van der Waals surface area contributed by atoms with Crippen LogP contribution < -0.4 is 10.6 Å². The fraction of sp³-hybridized carbons (Fsp3) is 0.375. The van der Waals surface area contributed by atoms with E-state index in [1.54, 1.807) is 36.7 Å². The molecule has 2 aliphatic heterocycles. The van der Waals surface area contributed by atoms with Crippen molar-refractivity contribution in [2.45, 2.75) is 32.4 Å². The maximum Gasteiger partial charge on any atom is 0.414 e. The third-order valence-electron chi connectivity index (χ3n) is 5.63. The van der Waals surface area contributed by atoms with Crippen molar-refractivity contribution in [2.75, 3.05) is 36.9 Å². The second-order valence-electron chi connectivity index (χ2n) is 8.20. The van der Waals surface area contributed by atoms with Gasteiger partial charge < -0.3 is 25.0 Å². The van der Waals surface area contributed by atoms with Crippen molar-refractivity contribution >= 4 is 23.5 Å². The summed E-state index contributed by atoms with van der Waals surface area (Å²) in [6, 6.07) is 7.80. The highest BCUT2D eigenvalue weighted by Gasteiger charge is 2.23. The van der Waals surface area contributed by atoms with E-state index in [0.717, 1.165) is 5.69 Å². The molecule has 0 unspecified atom stereocenters. The van der Waals surface area contributed by atoms with Crippen LogP contribution in [0.25, 0.3) is 0 Å². The van der Waals surface area contributed by atoms with Gasteiger partial charge in [-0.3, -0.25) is 9.88 Å². The molecule has 2 aliphatic rings. The first-order valence-electron chi connectivity index (χ1n) is 11.2. The number of halogens is 1. The van der Waals surface area contributed by atoms with E-state index in [-0.39, 0.29) is 17.9 Å². The zero-order valence-electron chi connectivity index (χ0n) is 19.0. The summed E-state index contributed by atoms with van der Waals surface area (Å²) in [5, 5.41) is 5.18. The second-order valence-corrected chi connectivity index (χ2v) is 8.20. The second kappa shape index (κ2) is 11.0. The van der Waals surface area contributed by atoms with Crippen LogP contribution in [0, 0.1) is 12.7 Å². The number of pyridine rings is 1. The molecule has 2 aromatic rings. The molecule has 0 saturated carbocycles. The quantitative estimate of drug-likeness (QED) is 0.685. The largest absolute Gasteiger partial charge is 0.446 e. The van der Waals surface area contributed by atoms with Gasteiger partial charge in [-0.15, -0.1) is 0 Å². The number of hydrogen-bond donors (Lipinski definition) is 2. The standard InChI is InChI=1S/C24H28FN5O4/c1-17-5-6-19(15-26-17)27-23(31)28-21-4-2-3-18(22(21)25)16-29-9-11-30(12-10-29)24(32)34-20-7-13-33-14-8-20/h2-6,9,11,15,20H,7-8,10,12-14,16H2,1H3,(H2,27,28,31). The zero-order chi connectivity index (χ0) is 23.9. The molecule has 1 fully saturated rings. The first-order valence-corrected chi connectivity index (χ1v) is 11.2. The van der Waals surface area contributed by atoms with Crippen LogP contribution in [0.15, 0.2) is 48.9 Å². The molecule has 10 heteroatoms. The molecule has 4 rings (SSSR count). The number of ether oxygens (including phenoxy) is 2. The van der Waals surface area contributed by atoms with E-state index in [1.165, 1.54) is 17.2 Å². The van der Waals surface area contributed by atoms with E-state index in [2.05, 4.69) is 15.6 Å². The van der Waals surface area contributed by atoms with Gasteiger partial charge in [-0.05, 0) is 25.1 Å². The number of hydrogen-bond acceptors (Lipinski definition) is 6. The fourth-order valence-electron chi connectivity index (χ4n) is 3.69. The molecule has 1 aromatic carbocycles. The highest BCUT2D eigenvalue weighted by atomic mass is 19.1. The Morgan fingerprint density at radius 1 is 1.15 bits per heavy atom. The minimum absolute atomic E-state index is 0.0812. The number of nitrogens with one attached hydrogen (secondary N) is 2. The molecule has 1 saturated heterocycles. The molecule has 9 nitrogen and oxygen atoms in total. The normalized spacial score (nSPS) is 16.3. The number of rotatable bonds is 5. The van der Waals surface area contributed by atoms with Crippen molar-refractivity contribution in [2.24, 2.45) is 0 Å². The Morgan fingerprint density at radius 2 is 1.97 bits per heavy atom. The van der Waals surface area contributed by atoms with Gasteiger partial charge in [0.2, 0.25) is 0 Å². The summed E-state index contributed by atoms with van der Waals surface area (Å²) in [4.78, 5) is 32.2. The van der Waals surface area contributed by atoms with Crippen LogP contribution in [-0.2, 0) is 16.0 Å². The molecule has 1 aromatic heterocycles. The summed E-state index contributed by atoms with van der Waals surface area (Å²) < 4.78 is 25.9. The zero-order valence-corrected chi connectivity index (χ0v) is 19.0. The third kappa shape index (κ3) is 6.22. The molecule has 3 heterocycles. The fourth-order valence-corrected chi connectivity index (χ4v) is 3.69. The van der Waals surface area contributed by atoms with Crippen molar-refractivity contribution in [3.05, 3.63) is 66.0 Å². The lowest BCUT2D eigenvalue weighted by atomic mass is 10.1. The molecule has 0 atom stereocenters. The molecule has 34 heavy (non-hydrogen) atoms. The van der Waals surface area contributed by atoms with Gasteiger partial charge in [0.1, 0.15) is 6.10 Å². The van der Waals surface area contributed by atoms with Crippen LogP contribution in [0.2, 0.25) is 0 Å². The Kier molecular flexibility index (Phi) is 7.58. The van der Waals surface area contributed by atoms with Crippen LogP contribution in [0.4, 0.5) is 25.4 Å². The van der Waals surface area contributed by atoms with E-state index < -0.39 is 11.8 Å². The lowest BCUT2D eigenvalue weighted by Crippen LogP contribution is -2.40. The van der Waals surface area contributed by atoms with Gasteiger partial charge in [0, 0.05) is 56.1 Å². The maximum absolute atomic E-state index is 15.0. The minimum atomic E-state index is -0.557.